The molecule has 0 saturated heterocycles. The maximum absolute atomic E-state index is 14.0. The summed E-state index contributed by atoms with van der Waals surface area (Å²) in [5, 5.41) is 2.67. The molecule has 0 aromatic heterocycles. The van der Waals surface area contributed by atoms with E-state index in [4.69, 9.17) is 5.73 Å². The second-order valence-corrected chi connectivity index (χ2v) is 5.09. The Labute approximate surface area is 123 Å². The number of benzene rings is 2. The van der Waals surface area contributed by atoms with E-state index < -0.39 is 11.7 Å². The topological polar surface area (TPSA) is 58.4 Å². The van der Waals surface area contributed by atoms with E-state index in [0.29, 0.717) is 16.9 Å². The SMILES string of the molecule is Cc1cc(N)cc(C(=O)Nc2ccc(N(C)C)cc2)c1F. The van der Waals surface area contributed by atoms with E-state index in [1.165, 1.54) is 12.1 Å². The number of nitrogens with zero attached hydrogens (tertiary/aromatic N) is 1. The Kier molecular flexibility index (Phi) is 4.12. The molecule has 0 atom stereocenters. The largest absolute Gasteiger partial charge is 0.399 e. The first-order valence-electron chi connectivity index (χ1n) is 6.53. The van der Waals surface area contributed by atoms with Gasteiger partial charge in [0.25, 0.3) is 5.91 Å². The van der Waals surface area contributed by atoms with Gasteiger partial charge in [0.15, 0.2) is 0 Å². The molecule has 0 saturated carbocycles. The molecule has 0 aliphatic carbocycles. The molecule has 5 heteroatoms. The number of halogens is 1. The van der Waals surface area contributed by atoms with Crippen LogP contribution in [-0.2, 0) is 0 Å². The van der Waals surface area contributed by atoms with Crippen molar-refractivity contribution in [3.63, 3.8) is 0 Å². The molecule has 0 bridgehead atoms. The summed E-state index contributed by atoms with van der Waals surface area (Å²) in [7, 11) is 3.86. The predicted molar refractivity (Wildman–Crippen MR) is 84.3 cm³/mol. The van der Waals surface area contributed by atoms with Crippen molar-refractivity contribution in [3.05, 3.63) is 53.3 Å². The van der Waals surface area contributed by atoms with Crippen LogP contribution >= 0.6 is 0 Å². The lowest BCUT2D eigenvalue weighted by Crippen LogP contribution is -2.15. The van der Waals surface area contributed by atoms with Gasteiger partial charge in [-0.2, -0.15) is 0 Å². The van der Waals surface area contributed by atoms with Crippen LogP contribution in [-0.4, -0.2) is 20.0 Å². The lowest BCUT2D eigenvalue weighted by molar-refractivity contribution is 0.102. The van der Waals surface area contributed by atoms with E-state index in [0.717, 1.165) is 5.69 Å². The number of aryl methyl sites for hydroxylation is 1. The van der Waals surface area contributed by atoms with E-state index in [2.05, 4.69) is 5.32 Å². The van der Waals surface area contributed by atoms with Gasteiger partial charge in [-0.05, 0) is 48.9 Å². The zero-order chi connectivity index (χ0) is 15.6. The summed E-state index contributed by atoms with van der Waals surface area (Å²) in [6.45, 7) is 1.58. The van der Waals surface area contributed by atoms with Gasteiger partial charge in [-0.1, -0.05) is 0 Å². The zero-order valence-electron chi connectivity index (χ0n) is 12.3. The average Bonchev–Trinajstić information content (AvgIpc) is 2.43. The number of hydrogen-bond acceptors (Lipinski definition) is 3. The highest BCUT2D eigenvalue weighted by Crippen LogP contribution is 2.20. The molecule has 4 nitrogen and oxygen atoms in total. The average molecular weight is 287 g/mol. The van der Waals surface area contributed by atoms with Crippen molar-refractivity contribution in [3.8, 4) is 0 Å². The quantitative estimate of drug-likeness (QED) is 0.853. The summed E-state index contributed by atoms with van der Waals surface area (Å²) in [6, 6.07) is 10.1. The van der Waals surface area contributed by atoms with Crippen LogP contribution in [0, 0.1) is 12.7 Å². The molecule has 1 amide bonds. The summed E-state index contributed by atoms with van der Waals surface area (Å²) < 4.78 is 14.0. The monoisotopic (exact) mass is 287 g/mol. The Bertz CT molecular complexity index is 666. The molecule has 21 heavy (non-hydrogen) atoms. The minimum atomic E-state index is -0.549. The molecule has 0 fully saturated rings. The first-order chi connectivity index (χ1) is 9.88. The van der Waals surface area contributed by atoms with Crippen molar-refractivity contribution in [2.75, 3.05) is 30.0 Å². The van der Waals surface area contributed by atoms with Crippen LogP contribution in [0.5, 0.6) is 0 Å². The summed E-state index contributed by atoms with van der Waals surface area (Å²) in [5.74, 6) is -1.06. The first-order valence-corrected chi connectivity index (χ1v) is 6.53. The molecule has 0 aliphatic rings. The summed E-state index contributed by atoms with van der Waals surface area (Å²) in [5.41, 5.74) is 7.94. The molecular weight excluding hydrogens is 269 g/mol. The second-order valence-electron chi connectivity index (χ2n) is 5.09. The molecular formula is C16H18FN3O. The minimum absolute atomic E-state index is 0.0517. The van der Waals surface area contributed by atoms with E-state index in [-0.39, 0.29) is 5.56 Å². The van der Waals surface area contributed by atoms with Gasteiger partial charge >= 0.3 is 0 Å². The summed E-state index contributed by atoms with van der Waals surface area (Å²) in [4.78, 5) is 14.1. The molecule has 0 unspecified atom stereocenters. The number of rotatable bonds is 3. The van der Waals surface area contributed by atoms with Gasteiger partial charge in [0.05, 0.1) is 5.56 Å². The van der Waals surface area contributed by atoms with Crippen LogP contribution in [0.25, 0.3) is 0 Å². The molecule has 2 aromatic carbocycles. The van der Waals surface area contributed by atoms with Crippen molar-refractivity contribution >= 4 is 23.0 Å². The number of nitrogen functional groups attached to an aromatic ring is 1. The Morgan fingerprint density at radius 3 is 2.38 bits per heavy atom. The Morgan fingerprint density at radius 1 is 1.19 bits per heavy atom. The van der Waals surface area contributed by atoms with Crippen LogP contribution in [0.4, 0.5) is 21.5 Å². The van der Waals surface area contributed by atoms with Gasteiger partial charge in [-0.3, -0.25) is 4.79 Å². The Morgan fingerprint density at radius 2 is 1.81 bits per heavy atom. The molecule has 0 radical (unpaired) electrons. The van der Waals surface area contributed by atoms with E-state index >= 15 is 0 Å². The normalized spacial score (nSPS) is 10.3. The number of carbonyl (C=O) groups excluding carboxylic acids is 1. The zero-order valence-corrected chi connectivity index (χ0v) is 12.3. The van der Waals surface area contributed by atoms with Crippen LogP contribution < -0.4 is 16.0 Å². The molecule has 3 N–H and O–H groups in total. The third-order valence-corrected chi connectivity index (χ3v) is 3.16. The number of hydrogen-bond donors (Lipinski definition) is 2. The van der Waals surface area contributed by atoms with Gasteiger partial charge < -0.3 is 16.0 Å². The fourth-order valence-corrected chi connectivity index (χ4v) is 2.00. The van der Waals surface area contributed by atoms with Gasteiger partial charge in [0, 0.05) is 31.2 Å². The molecule has 0 spiro atoms. The van der Waals surface area contributed by atoms with E-state index in [1.54, 1.807) is 19.1 Å². The van der Waals surface area contributed by atoms with Crippen LogP contribution in [0.15, 0.2) is 36.4 Å². The van der Waals surface area contributed by atoms with Gasteiger partial charge in [0.2, 0.25) is 0 Å². The maximum Gasteiger partial charge on any atom is 0.258 e. The van der Waals surface area contributed by atoms with Crippen LogP contribution in [0.3, 0.4) is 0 Å². The van der Waals surface area contributed by atoms with E-state index in [9.17, 15) is 9.18 Å². The molecule has 0 aliphatic heterocycles. The smallest absolute Gasteiger partial charge is 0.258 e. The third kappa shape index (κ3) is 3.31. The second kappa shape index (κ2) is 5.83. The first kappa shape index (κ1) is 14.8. The van der Waals surface area contributed by atoms with Gasteiger partial charge in [-0.15, -0.1) is 0 Å². The standard InChI is InChI=1S/C16H18FN3O/c1-10-8-11(18)9-14(15(10)17)16(21)19-12-4-6-13(7-5-12)20(2)3/h4-9H,18H2,1-3H3,(H,19,21). The highest BCUT2D eigenvalue weighted by molar-refractivity contribution is 6.05. The van der Waals surface area contributed by atoms with Gasteiger partial charge in [-0.25, -0.2) is 4.39 Å². The number of carbonyl (C=O) groups is 1. The lowest BCUT2D eigenvalue weighted by Gasteiger charge is -2.13. The van der Waals surface area contributed by atoms with Crippen LogP contribution in [0.1, 0.15) is 15.9 Å². The third-order valence-electron chi connectivity index (χ3n) is 3.16. The minimum Gasteiger partial charge on any atom is -0.399 e. The number of nitrogens with one attached hydrogen (secondary N) is 1. The van der Waals surface area contributed by atoms with Gasteiger partial charge in [0.1, 0.15) is 5.82 Å². The summed E-state index contributed by atoms with van der Waals surface area (Å²) in [6.07, 6.45) is 0. The van der Waals surface area contributed by atoms with Crippen molar-refractivity contribution in [2.24, 2.45) is 0 Å². The fraction of sp³-hybridized carbons (Fsp3) is 0.188. The molecule has 2 aromatic rings. The molecule has 110 valence electrons. The van der Waals surface area contributed by atoms with Crippen LogP contribution in [0.2, 0.25) is 0 Å². The number of amides is 1. The van der Waals surface area contributed by atoms with Crippen molar-refractivity contribution in [2.45, 2.75) is 6.92 Å². The Balaban J connectivity index is 2.22. The number of anilines is 3. The van der Waals surface area contributed by atoms with Crippen molar-refractivity contribution in [1.82, 2.24) is 0 Å². The van der Waals surface area contributed by atoms with Crippen molar-refractivity contribution in [1.29, 1.82) is 0 Å². The highest BCUT2D eigenvalue weighted by Gasteiger charge is 2.15. The number of nitrogens with two attached hydrogens (primary N) is 1. The maximum atomic E-state index is 14.0. The lowest BCUT2D eigenvalue weighted by atomic mass is 10.1. The van der Waals surface area contributed by atoms with Crippen molar-refractivity contribution < 1.29 is 9.18 Å². The molecule has 2 rings (SSSR count). The Hall–Kier alpha value is -2.56. The summed E-state index contributed by atoms with van der Waals surface area (Å²) >= 11 is 0. The predicted octanol–water partition coefficient (Wildman–Crippen LogP) is 3.03. The fourth-order valence-electron chi connectivity index (χ4n) is 2.00. The highest BCUT2D eigenvalue weighted by atomic mass is 19.1. The molecule has 0 heterocycles. The van der Waals surface area contributed by atoms with E-state index in [1.807, 2.05) is 31.1 Å².